The second-order valence-corrected chi connectivity index (χ2v) is 3.72. The largest absolute Gasteiger partial charge is 0.469 e. The molecule has 0 spiro atoms. The smallest absolute Gasteiger partial charge is 0.224 e. The van der Waals surface area contributed by atoms with E-state index in [1.54, 1.807) is 19.3 Å². The van der Waals surface area contributed by atoms with Gasteiger partial charge in [0.05, 0.1) is 12.0 Å². The highest BCUT2D eigenvalue weighted by atomic mass is 16.4. The van der Waals surface area contributed by atoms with Crippen molar-refractivity contribution in [3.05, 3.63) is 42.0 Å². The second-order valence-electron chi connectivity index (χ2n) is 3.72. The predicted molar refractivity (Wildman–Crippen MR) is 56.6 cm³/mol. The fraction of sp³-hybridized carbons (Fsp3) is 0.364. The van der Waals surface area contributed by atoms with Crippen LogP contribution in [0, 0.1) is 6.92 Å². The zero-order valence-electron chi connectivity index (χ0n) is 8.96. The standard InChI is InChI=1S/C11H14N2O3/c1-7-6-16-11(13-7)10(14)9(12)5-8-3-2-4-15-8/h2-4,6,9-10,14H,5,12H2,1H3. The Balaban J connectivity index is 2.02. The number of hydrogen-bond donors (Lipinski definition) is 2. The first-order valence-corrected chi connectivity index (χ1v) is 5.05. The SMILES string of the molecule is Cc1coc(C(O)C(N)Cc2ccco2)n1. The molecule has 3 N–H and O–H groups in total. The lowest BCUT2D eigenvalue weighted by atomic mass is 10.1. The average Bonchev–Trinajstić information content (AvgIpc) is 2.88. The predicted octanol–water partition coefficient (Wildman–Crippen LogP) is 1.18. The molecule has 0 saturated carbocycles. The maximum atomic E-state index is 9.88. The molecule has 0 aliphatic heterocycles. The highest BCUT2D eigenvalue weighted by Crippen LogP contribution is 2.17. The molecule has 0 bridgehead atoms. The molecule has 0 amide bonds. The molecule has 5 nitrogen and oxygen atoms in total. The molecule has 2 aromatic heterocycles. The number of furan rings is 1. The fourth-order valence-electron chi connectivity index (χ4n) is 1.46. The third kappa shape index (κ3) is 2.32. The zero-order chi connectivity index (χ0) is 11.5. The van der Waals surface area contributed by atoms with Crippen molar-refractivity contribution in [3.8, 4) is 0 Å². The van der Waals surface area contributed by atoms with Crippen LogP contribution in [0.5, 0.6) is 0 Å². The minimum Gasteiger partial charge on any atom is -0.469 e. The Labute approximate surface area is 92.9 Å². The van der Waals surface area contributed by atoms with E-state index in [2.05, 4.69) is 4.98 Å². The Morgan fingerprint density at radius 3 is 2.88 bits per heavy atom. The maximum absolute atomic E-state index is 9.88. The van der Waals surface area contributed by atoms with Gasteiger partial charge in [0.2, 0.25) is 5.89 Å². The van der Waals surface area contributed by atoms with Crippen LogP contribution < -0.4 is 5.73 Å². The summed E-state index contributed by atoms with van der Waals surface area (Å²) >= 11 is 0. The average molecular weight is 222 g/mol. The summed E-state index contributed by atoms with van der Waals surface area (Å²) in [6.45, 7) is 1.79. The molecule has 2 aromatic rings. The number of aliphatic hydroxyl groups is 1. The quantitative estimate of drug-likeness (QED) is 0.811. The number of nitrogens with zero attached hydrogens (tertiary/aromatic N) is 1. The Kier molecular flexibility index (Phi) is 3.07. The third-order valence-corrected chi connectivity index (χ3v) is 2.31. The van der Waals surface area contributed by atoms with Crippen LogP contribution in [0.15, 0.2) is 33.5 Å². The van der Waals surface area contributed by atoms with E-state index in [1.165, 1.54) is 6.26 Å². The minimum atomic E-state index is -0.918. The molecule has 2 atom stereocenters. The molecule has 2 unspecified atom stereocenters. The summed E-state index contributed by atoms with van der Waals surface area (Å²) in [6, 6.07) is 3.10. The molecule has 0 aliphatic carbocycles. The molecular formula is C11H14N2O3. The first-order chi connectivity index (χ1) is 7.66. The summed E-state index contributed by atoms with van der Waals surface area (Å²) in [5, 5.41) is 9.88. The summed E-state index contributed by atoms with van der Waals surface area (Å²) in [5.74, 6) is 0.978. The van der Waals surface area contributed by atoms with E-state index in [0.717, 1.165) is 11.5 Å². The fourth-order valence-corrected chi connectivity index (χ4v) is 1.46. The first kappa shape index (κ1) is 10.9. The van der Waals surface area contributed by atoms with Crippen molar-refractivity contribution in [2.24, 2.45) is 5.73 Å². The molecule has 0 radical (unpaired) electrons. The molecule has 16 heavy (non-hydrogen) atoms. The maximum Gasteiger partial charge on any atom is 0.224 e. The highest BCUT2D eigenvalue weighted by molar-refractivity contribution is 5.04. The van der Waals surface area contributed by atoms with Gasteiger partial charge in [0.25, 0.3) is 0 Å². The summed E-state index contributed by atoms with van der Waals surface area (Å²) in [5.41, 5.74) is 6.56. The van der Waals surface area contributed by atoms with Gasteiger partial charge in [0.1, 0.15) is 18.1 Å². The number of nitrogens with two attached hydrogens (primary N) is 1. The molecule has 5 heteroatoms. The van der Waals surface area contributed by atoms with E-state index in [0.29, 0.717) is 6.42 Å². The van der Waals surface area contributed by atoms with Crippen molar-refractivity contribution in [1.29, 1.82) is 0 Å². The van der Waals surface area contributed by atoms with Crippen LogP contribution in [-0.4, -0.2) is 16.1 Å². The van der Waals surface area contributed by atoms with Gasteiger partial charge in [0.15, 0.2) is 0 Å². The zero-order valence-corrected chi connectivity index (χ0v) is 8.96. The molecule has 2 heterocycles. The van der Waals surface area contributed by atoms with Gasteiger partial charge in [-0.05, 0) is 19.1 Å². The number of aryl methyl sites for hydroxylation is 1. The summed E-state index contributed by atoms with van der Waals surface area (Å²) in [6.07, 6.45) is 2.58. The Hall–Kier alpha value is -1.59. The van der Waals surface area contributed by atoms with E-state index < -0.39 is 12.1 Å². The first-order valence-electron chi connectivity index (χ1n) is 5.05. The second kappa shape index (κ2) is 4.51. The van der Waals surface area contributed by atoms with Gasteiger partial charge < -0.3 is 19.7 Å². The Morgan fingerprint density at radius 1 is 1.50 bits per heavy atom. The Bertz CT molecular complexity index is 436. The van der Waals surface area contributed by atoms with Crippen molar-refractivity contribution >= 4 is 0 Å². The molecule has 0 saturated heterocycles. The summed E-state index contributed by atoms with van der Waals surface area (Å²) in [4.78, 5) is 4.03. The van der Waals surface area contributed by atoms with E-state index in [9.17, 15) is 5.11 Å². The lowest BCUT2D eigenvalue weighted by Gasteiger charge is -2.14. The molecule has 0 aromatic carbocycles. The van der Waals surface area contributed by atoms with Gasteiger partial charge >= 0.3 is 0 Å². The number of aromatic nitrogens is 1. The lowest BCUT2D eigenvalue weighted by molar-refractivity contribution is 0.113. The Morgan fingerprint density at radius 2 is 2.31 bits per heavy atom. The van der Waals surface area contributed by atoms with E-state index >= 15 is 0 Å². The van der Waals surface area contributed by atoms with Gasteiger partial charge in [-0.25, -0.2) is 4.98 Å². The molecule has 86 valence electrons. The van der Waals surface area contributed by atoms with Crippen molar-refractivity contribution in [1.82, 2.24) is 4.98 Å². The molecule has 0 aliphatic rings. The topological polar surface area (TPSA) is 85.4 Å². The number of rotatable bonds is 4. The summed E-state index contributed by atoms with van der Waals surface area (Å²) in [7, 11) is 0. The number of oxazole rings is 1. The van der Waals surface area contributed by atoms with Gasteiger partial charge in [-0.3, -0.25) is 0 Å². The summed E-state index contributed by atoms with van der Waals surface area (Å²) < 4.78 is 10.2. The normalized spacial score (nSPS) is 14.9. The molecule has 0 fully saturated rings. The van der Waals surface area contributed by atoms with Crippen LogP contribution in [0.25, 0.3) is 0 Å². The minimum absolute atomic E-state index is 0.247. The van der Waals surface area contributed by atoms with Gasteiger partial charge in [-0.1, -0.05) is 0 Å². The van der Waals surface area contributed by atoms with Crippen molar-refractivity contribution < 1.29 is 13.9 Å². The van der Waals surface area contributed by atoms with E-state index in [1.807, 2.05) is 6.07 Å². The van der Waals surface area contributed by atoms with Gasteiger partial charge in [0, 0.05) is 12.5 Å². The number of aliphatic hydroxyl groups excluding tert-OH is 1. The van der Waals surface area contributed by atoms with Gasteiger partial charge in [-0.15, -0.1) is 0 Å². The van der Waals surface area contributed by atoms with E-state index in [-0.39, 0.29) is 5.89 Å². The van der Waals surface area contributed by atoms with Crippen molar-refractivity contribution in [3.63, 3.8) is 0 Å². The van der Waals surface area contributed by atoms with E-state index in [4.69, 9.17) is 14.6 Å². The van der Waals surface area contributed by atoms with Crippen molar-refractivity contribution in [2.45, 2.75) is 25.5 Å². The third-order valence-electron chi connectivity index (χ3n) is 2.31. The van der Waals surface area contributed by atoms with Crippen LogP contribution in [0.3, 0.4) is 0 Å². The monoisotopic (exact) mass is 222 g/mol. The van der Waals surface area contributed by atoms with Crippen LogP contribution in [0.4, 0.5) is 0 Å². The van der Waals surface area contributed by atoms with Crippen LogP contribution in [0.2, 0.25) is 0 Å². The number of hydrogen-bond acceptors (Lipinski definition) is 5. The molecular weight excluding hydrogens is 208 g/mol. The van der Waals surface area contributed by atoms with Crippen LogP contribution >= 0.6 is 0 Å². The van der Waals surface area contributed by atoms with Crippen LogP contribution in [-0.2, 0) is 6.42 Å². The lowest BCUT2D eigenvalue weighted by Crippen LogP contribution is -2.30. The van der Waals surface area contributed by atoms with Gasteiger partial charge in [-0.2, -0.15) is 0 Å². The van der Waals surface area contributed by atoms with Crippen molar-refractivity contribution in [2.75, 3.05) is 0 Å². The highest BCUT2D eigenvalue weighted by Gasteiger charge is 2.22. The molecule has 2 rings (SSSR count). The van der Waals surface area contributed by atoms with Crippen LogP contribution in [0.1, 0.15) is 23.4 Å².